The average Bonchev–Trinajstić information content (AvgIpc) is 2.29. The van der Waals surface area contributed by atoms with Crippen molar-refractivity contribution in [2.75, 3.05) is 25.6 Å². The maximum Gasteiger partial charge on any atom is 0.319 e. The Morgan fingerprint density at radius 2 is 2.22 bits per heavy atom. The first-order valence-electron chi connectivity index (χ1n) is 5.95. The number of ether oxygens (including phenoxy) is 2. The Morgan fingerprint density at radius 3 is 2.89 bits per heavy atom. The van der Waals surface area contributed by atoms with E-state index in [1.165, 1.54) is 0 Å². The fraction of sp³-hybridized carbons (Fsp3) is 0.462. The van der Waals surface area contributed by atoms with Crippen molar-refractivity contribution in [2.24, 2.45) is 0 Å². The van der Waals surface area contributed by atoms with Gasteiger partial charge in [-0.15, -0.1) is 0 Å². The lowest BCUT2D eigenvalue weighted by molar-refractivity contribution is 0.173. The van der Waals surface area contributed by atoms with E-state index in [2.05, 4.69) is 10.6 Å². The van der Waals surface area contributed by atoms with Crippen molar-refractivity contribution in [3.8, 4) is 5.75 Å². The summed E-state index contributed by atoms with van der Waals surface area (Å²) in [5, 5.41) is 5.51. The molecule has 0 aliphatic rings. The highest BCUT2D eigenvalue weighted by Crippen LogP contribution is 2.17. The Morgan fingerprint density at radius 1 is 1.44 bits per heavy atom. The molecule has 0 saturated carbocycles. The van der Waals surface area contributed by atoms with Gasteiger partial charge in [0.25, 0.3) is 0 Å². The van der Waals surface area contributed by atoms with Gasteiger partial charge in [-0.2, -0.15) is 0 Å². The molecule has 0 heterocycles. The van der Waals surface area contributed by atoms with Crippen LogP contribution >= 0.6 is 0 Å². The highest BCUT2D eigenvalue weighted by Gasteiger charge is 2.07. The van der Waals surface area contributed by atoms with Crippen molar-refractivity contribution in [1.82, 2.24) is 5.32 Å². The molecule has 18 heavy (non-hydrogen) atoms. The molecule has 0 spiro atoms. The third-order valence-corrected chi connectivity index (χ3v) is 2.20. The molecule has 1 aromatic carbocycles. The quantitative estimate of drug-likeness (QED) is 0.816. The molecule has 0 aliphatic carbocycles. The van der Waals surface area contributed by atoms with E-state index < -0.39 is 0 Å². The van der Waals surface area contributed by atoms with Crippen LogP contribution in [0.15, 0.2) is 24.3 Å². The van der Waals surface area contributed by atoms with Crippen LogP contribution < -0.4 is 15.4 Å². The lowest BCUT2D eigenvalue weighted by Gasteiger charge is -2.14. The number of amides is 2. The number of benzene rings is 1. The SMILES string of the molecule is CCOc1cccc(NC(=O)NC(C)COC)c1. The Kier molecular flexibility index (Phi) is 6.00. The summed E-state index contributed by atoms with van der Waals surface area (Å²) in [6, 6.07) is 6.98. The van der Waals surface area contributed by atoms with Gasteiger partial charge >= 0.3 is 6.03 Å². The summed E-state index contributed by atoms with van der Waals surface area (Å²) < 4.78 is 10.3. The summed E-state index contributed by atoms with van der Waals surface area (Å²) in [4.78, 5) is 11.6. The molecule has 0 aromatic heterocycles. The van der Waals surface area contributed by atoms with Crippen LogP contribution in [0.1, 0.15) is 13.8 Å². The van der Waals surface area contributed by atoms with Gasteiger partial charge in [0.2, 0.25) is 0 Å². The number of nitrogens with one attached hydrogen (secondary N) is 2. The molecule has 5 heteroatoms. The Labute approximate surface area is 107 Å². The van der Waals surface area contributed by atoms with E-state index in [0.717, 1.165) is 5.75 Å². The smallest absolute Gasteiger partial charge is 0.319 e. The van der Waals surface area contributed by atoms with Crippen LogP contribution in [-0.2, 0) is 4.74 Å². The summed E-state index contributed by atoms with van der Waals surface area (Å²) in [5.74, 6) is 0.736. The van der Waals surface area contributed by atoms with Crippen molar-refractivity contribution in [3.05, 3.63) is 24.3 Å². The highest BCUT2D eigenvalue weighted by atomic mass is 16.5. The number of methoxy groups -OCH3 is 1. The second-order valence-corrected chi connectivity index (χ2v) is 3.92. The molecule has 1 unspecified atom stereocenters. The minimum atomic E-state index is -0.256. The molecule has 1 rings (SSSR count). The fourth-order valence-corrected chi connectivity index (χ4v) is 1.51. The van der Waals surface area contributed by atoms with Gasteiger partial charge in [0, 0.05) is 18.9 Å². The van der Waals surface area contributed by atoms with Crippen molar-refractivity contribution < 1.29 is 14.3 Å². The maximum atomic E-state index is 11.6. The van der Waals surface area contributed by atoms with Crippen molar-refractivity contribution in [3.63, 3.8) is 0 Å². The normalized spacial score (nSPS) is 11.7. The summed E-state index contributed by atoms with van der Waals surface area (Å²) in [6.45, 7) is 4.87. The first-order valence-corrected chi connectivity index (χ1v) is 5.95. The number of urea groups is 1. The van der Waals surface area contributed by atoms with E-state index in [0.29, 0.717) is 18.9 Å². The van der Waals surface area contributed by atoms with Gasteiger partial charge in [0.15, 0.2) is 0 Å². The number of hydrogen-bond donors (Lipinski definition) is 2. The van der Waals surface area contributed by atoms with Crippen LogP contribution in [0.4, 0.5) is 10.5 Å². The van der Waals surface area contributed by atoms with Gasteiger partial charge in [-0.05, 0) is 26.0 Å². The molecule has 100 valence electrons. The van der Waals surface area contributed by atoms with E-state index in [1.807, 2.05) is 32.0 Å². The molecule has 0 fully saturated rings. The summed E-state index contributed by atoms with van der Waals surface area (Å²) >= 11 is 0. The summed E-state index contributed by atoms with van der Waals surface area (Å²) in [5.41, 5.74) is 0.697. The molecule has 5 nitrogen and oxygen atoms in total. The van der Waals surface area contributed by atoms with Crippen LogP contribution in [-0.4, -0.2) is 32.4 Å². The fourth-order valence-electron chi connectivity index (χ4n) is 1.51. The topological polar surface area (TPSA) is 59.6 Å². The zero-order valence-electron chi connectivity index (χ0n) is 11.0. The third-order valence-electron chi connectivity index (χ3n) is 2.20. The van der Waals surface area contributed by atoms with Crippen LogP contribution in [0.3, 0.4) is 0 Å². The van der Waals surface area contributed by atoms with Crippen molar-refractivity contribution in [1.29, 1.82) is 0 Å². The van der Waals surface area contributed by atoms with Gasteiger partial charge in [0.1, 0.15) is 5.75 Å². The molecule has 0 aliphatic heterocycles. The second-order valence-electron chi connectivity index (χ2n) is 3.92. The van der Waals surface area contributed by atoms with E-state index in [4.69, 9.17) is 9.47 Å². The van der Waals surface area contributed by atoms with Crippen LogP contribution in [0.2, 0.25) is 0 Å². The van der Waals surface area contributed by atoms with E-state index >= 15 is 0 Å². The number of anilines is 1. The predicted octanol–water partition coefficient (Wildman–Crippen LogP) is 2.24. The minimum absolute atomic E-state index is 0.0370. The molecular weight excluding hydrogens is 232 g/mol. The zero-order chi connectivity index (χ0) is 13.4. The van der Waals surface area contributed by atoms with Gasteiger partial charge in [-0.1, -0.05) is 6.07 Å². The monoisotopic (exact) mass is 252 g/mol. The van der Waals surface area contributed by atoms with Gasteiger partial charge in [-0.3, -0.25) is 0 Å². The molecule has 2 N–H and O–H groups in total. The minimum Gasteiger partial charge on any atom is -0.494 e. The van der Waals surface area contributed by atoms with Gasteiger partial charge < -0.3 is 20.1 Å². The molecule has 0 saturated heterocycles. The van der Waals surface area contributed by atoms with Crippen LogP contribution in [0, 0.1) is 0 Å². The van der Waals surface area contributed by atoms with E-state index in [9.17, 15) is 4.79 Å². The lowest BCUT2D eigenvalue weighted by atomic mass is 10.3. The number of hydrogen-bond acceptors (Lipinski definition) is 3. The van der Waals surface area contributed by atoms with Gasteiger partial charge in [-0.25, -0.2) is 4.79 Å². The average molecular weight is 252 g/mol. The largest absolute Gasteiger partial charge is 0.494 e. The molecule has 0 bridgehead atoms. The molecule has 2 amide bonds. The molecular formula is C13H20N2O3. The summed E-state index contributed by atoms with van der Waals surface area (Å²) in [6.07, 6.45) is 0. The second kappa shape index (κ2) is 7.55. The zero-order valence-corrected chi connectivity index (χ0v) is 11.0. The Hall–Kier alpha value is -1.75. The Bertz CT molecular complexity index is 382. The first-order chi connectivity index (χ1) is 8.65. The van der Waals surface area contributed by atoms with Gasteiger partial charge in [0.05, 0.1) is 19.3 Å². The van der Waals surface area contributed by atoms with E-state index in [-0.39, 0.29) is 12.1 Å². The maximum absolute atomic E-state index is 11.6. The molecule has 1 aromatic rings. The van der Waals surface area contributed by atoms with Crippen molar-refractivity contribution in [2.45, 2.75) is 19.9 Å². The van der Waals surface area contributed by atoms with Crippen LogP contribution in [0.25, 0.3) is 0 Å². The summed E-state index contributed by atoms with van der Waals surface area (Å²) in [7, 11) is 1.60. The van der Waals surface area contributed by atoms with Crippen molar-refractivity contribution >= 4 is 11.7 Å². The standard InChI is InChI=1S/C13H20N2O3/c1-4-18-12-7-5-6-11(8-12)15-13(16)14-10(2)9-17-3/h5-8,10H,4,9H2,1-3H3,(H2,14,15,16). The predicted molar refractivity (Wildman–Crippen MR) is 71.1 cm³/mol. The number of rotatable bonds is 6. The third kappa shape index (κ3) is 5.05. The molecule has 0 radical (unpaired) electrons. The van der Waals surface area contributed by atoms with Crippen LogP contribution in [0.5, 0.6) is 5.75 Å². The number of carbonyl (C=O) groups is 1. The number of carbonyl (C=O) groups excluding carboxylic acids is 1. The first kappa shape index (κ1) is 14.3. The Balaban J connectivity index is 2.50. The van der Waals surface area contributed by atoms with E-state index in [1.54, 1.807) is 13.2 Å². The molecule has 1 atom stereocenters. The highest BCUT2D eigenvalue weighted by molar-refractivity contribution is 5.89. The lowest BCUT2D eigenvalue weighted by Crippen LogP contribution is -2.38.